The van der Waals surface area contributed by atoms with Crippen LogP contribution in [-0.4, -0.2) is 70.7 Å². The Kier molecular flexibility index (Phi) is 8.60. The van der Waals surface area contributed by atoms with Crippen molar-refractivity contribution in [2.75, 3.05) is 29.9 Å². The number of aliphatic hydroxyl groups excluding tert-OH is 1. The molecule has 0 saturated carbocycles. The number of carbonyl (C=O) groups excluding carboxylic acids is 3. The molecular weight excluding hydrogens is 544 g/mol. The molecule has 3 fully saturated rings. The smallest absolute Gasteiger partial charge is 0.250 e. The van der Waals surface area contributed by atoms with Gasteiger partial charge in [-0.3, -0.25) is 14.4 Å². The van der Waals surface area contributed by atoms with Crippen LogP contribution in [0, 0.1) is 23.7 Å². The molecule has 2 aromatic carbocycles. The van der Waals surface area contributed by atoms with Gasteiger partial charge in [0.2, 0.25) is 17.7 Å². The van der Waals surface area contributed by atoms with Gasteiger partial charge < -0.3 is 30.3 Å². The Hall–Kier alpha value is -3.43. The lowest BCUT2D eigenvalue weighted by molar-refractivity contribution is -0.150. The van der Waals surface area contributed by atoms with Crippen molar-refractivity contribution in [3.8, 4) is 0 Å². The number of nitrogens with zero attached hydrogens (tertiary/aromatic N) is 2. The fourth-order valence-corrected chi connectivity index (χ4v) is 7.80. The Balaban J connectivity index is 1.49. The summed E-state index contributed by atoms with van der Waals surface area (Å²) in [5.41, 5.74) is 0.527. The summed E-state index contributed by atoms with van der Waals surface area (Å²) in [7, 11) is 0. The summed E-state index contributed by atoms with van der Waals surface area (Å²) in [6, 6.07) is 15.7. The van der Waals surface area contributed by atoms with Crippen LogP contribution in [-0.2, 0) is 25.7 Å². The molecule has 9 nitrogen and oxygen atoms in total. The average molecular weight is 591 g/mol. The first-order valence-electron chi connectivity index (χ1n) is 15.6. The minimum atomic E-state index is -1.19. The molecule has 0 aromatic heterocycles. The normalized spacial score (nSPS) is 30.0. The Bertz CT molecular complexity index is 1330. The maximum absolute atomic E-state index is 14.4. The zero-order valence-corrected chi connectivity index (χ0v) is 26.2. The van der Waals surface area contributed by atoms with Crippen LogP contribution in [0.25, 0.3) is 0 Å². The molecule has 0 radical (unpaired) electrons. The highest BCUT2D eigenvalue weighted by Gasteiger charge is 2.80. The highest BCUT2D eigenvalue weighted by Crippen LogP contribution is 2.65. The predicted octanol–water partition coefficient (Wildman–Crippen LogP) is 3.82. The number of rotatable bonds is 11. The van der Waals surface area contributed by atoms with Gasteiger partial charge in [-0.2, -0.15) is 0 Å². The largest absolute Gasteiger partial charge is 0.394 e. The molecule has 2 aromatic rings. The molecule has 3 aliphatic rings. The van der Waals surface area contributed by atoms with E-state index in [1.807, 2.05) is 82.3 Å². The zero-order chi connectivity index (χ0) is 31.1. The summed E-state index contributed by atoms with van der Waals surface area (Å²) in [6.45, 7) is 13.8. The molecule has 3 amide bonds. The van der Waals surface area contributed by atoms with Crippen molar-refractivity contribution in [2.24, 2.45) is 23.7 Å². The maximum atomic E-state index is 14.4. The van der Waals surface area contributed by atoms with Gasteiger partial charge in [0, 0.05) is 31.0 Å². The van der Waals surface area contributed by atoms with Crippen molar-refractivity contribution in [1.29, 1.82) is 0 Å². The van der Waals surface area contributed by atoms with E-state index in [0.29, 0.717) is 18.7 Å². The summed E-state index contributed by atoms with van der Waals surface area (Å²) in [5.74, 6) is -2.72. The molecule has 0 aliphatic carbocycles. The fraction of sp³-hybridized carbons (Fsp3) is 0.559. The van der Waals surface area contributed by atoms with Crippen LogP contribution in [0.15, 0.2) is 54.6 Å². The van der Waals surface area contributed by atoms with Gasteiger partial charge in [0.15, 0.2) is 0 Å². The first-order valence-corrected chi connectivity index (χ1v) is 15.6. The van der Waals surface area contributed by atoms with E-state index in [2.05, 4.69) is 29.4 Å². The number of fused-ring (bicyclic) bond motifs is 1. The van der Waals surface area contributed by atoms with Gasteiger partial charge in [-0.25, -0.2) is 0 Å². The SMILES string of the molecule is CCN(CC)c1ccc(NC(=O)C2N([C@@H](CO)C(C)C)C(=O)[C@@H]3[C@H](C(=O)NCc4ccccc4)[C@@]4(C)OC23CC4C)cc1. The van der Waals surface area contributed by atoms with E-state index in [-0.39, 0.29) is 36.2 Å². The average Bonchev–Trinajstić information content (AvgIpc) is 3.50. The number of carbonyl (C=O) groups is 3. The van der Waals surface area contributed by atoms with Gasteiger partial charge in [-0.15, -0.1) is 0 Å². The van der Waals surface area contributed by atoms with Crippen LogP contribution in [0.2, 0.25) is 0 Å². The van der Waals surface area contributed by atoms with Crippen LogP contribution in [0.3, 0.4) is 0 Å². The number of likely N-dealkylation sites (tertiary alicyclic amines) is 1. The van der Waals surface area contributed by atoms with Gasteiger partial charge >= 0.3 is 0 Å². The van der Waals surface area contributed by atoms with Crippen molar-refractivity contribution in [1.82, 2.24) is 10.2 Å². The lowest BCUT2D eigenvalue weighted by Crippen LogP contribution is -2.57. The van der Waals surface area contributed by atoms with Crippen LogP contribution >= 0.6 is 0 Å². The molecule has 43 heavy (non-hydrogen) atoms. The van der Waals surface area contributed by atoms with Crippen LogP contribution in [0.1, 0.15) is 53.5 Å². The van der Waals surface area contributed by atoms with Crippen LogP contribution in [0.4, 0.5) is 11.4 Å². The van der Waals surface area contributed by atoms with E-state index in [4.69, 9.17) is 4.74 Å². The van der Waals surface area contributed by atoms with Crippen LogP contribution < -0.4 is 15.5 Å². The fourth-order valence-electron chi connectivity index (χ4n) is 7.80. The van der Waals surface area contributed by atoms with E-state index in [1.165, 1.54) is 4.90 Å². The lowest BCUT2D eigenvalue weighted by atomic mass is 9.62. The number of ether oxygens (including phenoxy) is 1. The maximum Gasteiger partial charge on any atom is 0.250 e. The predicted molar refractivity (Wildman–Crippen MR) is 166 cm³/mol. The number of aliphatic hydroxyl groups is 1. The monoisotopic (exact) mass is 590 g/mol. The molecule has 3 aliphatic heterocycles. The lowest BCUT2D eigenvalue weighted by Gasteiger charge is -2.38. The second kappa shape index (κ2) is 11.9. The van der Waals surface area contributed by atoms with E-state index >= 15 is 0 Å². The molecule has 5 rings (SSSR count). The summed E-state index contributed by atoms with van der Waals surface area (Å²) in [6.07, 6.45) is 0.466. The standard InChI is InChI=1S/C34H46N4O5/c1-7-37(8-2)25-16-14-24(15-17-25)36-31(41)29-34-18-22(5)33(6,43-34)27(30(40)35-19-23-12-10-9-11-13-23)28(34)32(42)38(29)26(20-39)21(3)4/h9-17,21-22,26-29,39H,7-8,18-20H2,1-6H3,(H,35,40)(H,36,41)/t22?,26-,27+,28-,29?,33-,34?/m0/s1. The van der Waals surface area contributed by atoms with E-state index in [1.54, 1.807) is 0 Å². The van der Waals surface area contributed by atoms with Crippen LogP contribution in [0.5, 0.6) is 0 Å². The van der Waals surface area contributed by atoms with Crippen molar-refractivity contribution >= 4 is 29.1 Å². The van der Waals surface area contributed by atoms with Gasteiger partial charge in [-0.1, -0.05) is 51.1 Å². The molecule has 3 saturated heterocycles. The van der Waals surface area contributed by atoms with Gasteiger partial charge in [0.1, 0.15) is 11.6 Å². The van der Waals surface area contributed by atoms with Crippen molar-refractivity contribution in [3.63, 3.8) is 0 Å². The number of anilines is 2. The molecule has 3 unspecified atom stereocenters. The summed E-state index contributed by atoms with van der Waals surface area (Å²) < 4.78 is 6.82. The highest BCUT2D eigenvalue weighted by atomic mass is 16.5. The molecule has 1 spiro atoms. The Morgan fingerprint density at radius 2 is 1.72 bits per heavy atom. The van der Waals surface area contributed by atoms with Crippen molar-refractivity contribution in [2.45, 2.75) is 77.8 Å². The number of hydrogen-bond acceptors (Lipinski definition) is 6. The Morgan fingerprint density at radius 1 is 1.07 bits per heavy atom. The minimum Gasteiger partial charge on any atom is -0.394 e. The second-order valence-electron chi connectivity index (χ2n) is 12.9. The number of benzene rings is 2. The quantitative estimate of drug-likeness (QED) is 0.367. The Labute approximate surface area is 255 Å². The summed E-state index contributed by atoms with van der Waals surface area (Å²) in [4.78, 5) is 46.4. The van der Waals surface area contributed by atoms with Crippen molar-refractivity contribution in [3.05, 3.63) is 60.2 Å². The molecule has 2 bridgehead atoms. The van der Waals surface area contributed by atoms with E-state index < -0.39 is 35.1 Å². The first kappa shape index (κ1) is 31.0. The van der Waals surface area contributed by atoms with Gasteiger partial charge in [0.05, 0.1) is 30.1 Å². The zero-order valence-electron chi connectivity index (χ0n) is 26.2. The number of hydrogen-bond donors (Lipinski definition) is 3. The third-order valence-corrected chi connectivity index (χ3v) is 10.2. The molecule has 7 atom stereocenters. The van der Waals surface area contributed by atoms with Crippen molar-refractivity contribution < 1.29 is 24.2 Å². The second-order valence-corrected chi connectivity index (χ2v) is 12.9. The van der Waals surface area contributed by atoms with E-state index in [9.17, 15) is 19.5 Å². The topological polar surface area (TPSA) is 111 Å². The molecule has 3 heterocycles. The summed E-state index contributed by atoms with van der Waals surface area (Å²) in [5, 5.41) is 16.6. The third-order valence-electron chi connectivity index (χ3n) is 10.2. The van der Waals surface area contributed by atoms with Gasteiger partial charge in [0.25, 0.3) is 0 Å². The van der Waals surface area contributed by atoms with Gasteiger partial charge in [-0.05, 0) is 68.9 Å². The van der Waals surface area contributed by atoms with E-state index in [0.717, 1.165) is 24.3 Å². The molecule has 9 heteroatoms. The molecule has 232 valence electrons. The number of amides is 3. The molecule has 3 N–H and O–H groups in total. The minimum absolute atomic E-state index is 0.0701. The third kappa shape index (κ3) is 5.10. The Morgan fingerprint density at radius 3 is 2.30 bits per heavy atom. The number of nitrogens with one attached hydrogen (secondary N) is 2. The summed E-state index contributed by atoms with van der Waals surface area (Å²) >= 11 is 0. The highest BCUT2D eigenvalue weighted by molar-refractivity contribution is 6.04. The first-order chi connectivity index (χ1) is 20.5. The molecular formula is C34H46N4O5.